The first-order valence-corrected chi connectivity index (χ1v) is 11.1. The quantitative estimate of drug-likeness (QED) is 0.593. The van der Waals surface area contributed by atoms with Gasteiger partial charge in [-0.25, -0.2) is 13.6 Å². The maximum atomic E-state index is 12.2. The van der Waals surface area contributed by atoms with Crippen LogP contribution >= 0.6 is 0 Å². The number of nitrogens with one attached hydrogen (secondary N) is 2. The fourth-order valence-electron chi connectivity index (χ4n) is 3.18. The molecule has 0 bridgehead atoms. The van der Waals surface area contributed by atoms with Gasteiger partial charge in [-0.3, -0.25) is 9.59 Å². The molecule has 1 atom stereocenters. The van der Waals surface area contributed by atoms with Gasteiger partial charge in [0.25, 0.3) is 0 Å². The molecular formula is C19H30N4O4S. The fourth-order valence-corrected chi connectivity index (χ4v) is 3.70. The summed E-state index contributed by atoms with van der Waals surface area (Å²) in [6.07, 6.45) is 2.48. The van der Waals surface area contributed by atoms with Crippen molar-refractivity contribution in [2.45, 2.75) is 38.0 Å². The highest BCUT2D eigenvalue weighted by atomic mass is 32.2. The van der Waals surface area contributed by atoms with E-state index in [1.165, 1.54) is 24.3 Å². The first-order valence-electron chi connectivity index (χ1n) is 9.58. The number of rotatable bonds is 8. The predicted octanol–water partition coefficient (Wildman–Crippen LogP) is 1.15. The number of nitrogens with zero attached hydrogens (tertiary/aromatic N) is 1. The van der Waals surface area contributed by atoms with Gasteiger partial charge >= 0.3 is 0 Å². The number of piperidine rings is 1. The van der Waals surface area contributed by atoms with Crippen LogP contribution in [-0.2, 0) is 19.6 Å². The molecule has 1 aliphatic rings. The number of carbonyl (C=O) groups is 2. The van der Waals surface area contributed by atoms with E-state index in [1.807, 2.05) is 13.8 Å². The molecule has 1 aromatic carbocycles. The van der Waals surface area contributed by atoms with E-state index in [0.29, 0.717) is 31.1 Å². The lowest BCUT2D eigenvalue weighted by molar-refractivity contribution is -0.124. The Morgan fingerprint density at radius 1 is 1.25 bits per heavy atom. The number of sulfonamides is 1. The van der Waals surface area contributed by atoms with E-state index in [2.05, 4.69) is 15.5 Å². The summed E-state index contributed by atoms with van der Waals surface area (Å²) in [5, 5.41) is 10.8. The van der Waals surface area contributed by atoms with Gasteiger partial charge in [-0.05, 0) is 49.6 Å². The molecule has 0 aromatic heterocycles. The molecule has 9 heteroatoms. The number of likely N-dealkylation sites (tertiary alicyclic amines) is 1. The highest BCUT2D eigenvalue weighted by Gasteiger charge is 2.21. The summed E-state index contributed by atoms with van der Waals surface area (Å²) in [5.74, 6) is 0.344. The Labute approximate surface area is 166 Å². The van der Waals surface area contributed by atoms with Crippen LogP contribution in [0.3, 0.4) is 0 Å². The maximum Gasteiger partial charge on any atom is 0.238 e. The molecule has 0 saturated carbocycles. The van der Waals surface area contributed by atoms with Crippen molar-refractivity contribution in [2.24, 2.45) is 17.0 Å². The lowest BCUT2D eigenvalue weighted by Crippen LogP contribution is -2.42. The van der Waals surface area contributed by atoms with Crippen molar-refractivity contribution in [3.05, 3.63) is 24.3 Å². The topological polar surface area (TPSA) is 122 Å². The summed E-state index contributed by atoms with van der Waals surface area (Å²) in [5.41, 5.74) is 0.533. The van der Waals surface area contributed by atoms with Crippen LogP contribution < -0.4 is 15.8 Å². The normalized spacial score (nSPS) is 18.1. The zero-order valence-electron chi connectivity index (χ0n) is 16.5. The summed E-state index contributed by atoms with van der Waals surface area (Å²) in [6, 6.07) is 5.77. The van der Waals surface area contributed by atoms with Crippen LogP contribution in [0.1, 0.15) is 33.1 Å². The monoisotopic (exact) mass is 410 g/mol. The van der Waals surface area contributed by atoms with E-state index in [9.17, 15) is 18.0 Å². The third-order valence-electron chi connectivity index (χ3n) is 4.81. The Hall–Kier alpha value is -1.97. The van der Waals surface area contributed by atoms with E-state index in [0.717, 1.165) is 25.9 Å². The summed E-state index contributed by atoms with van der Waals surface area (Å²) >= 11 is 0. The van der Waals surface area contributed by atoms with E-state index in [-0.39, 0.29) is 22.6 Å². The summed E-state index contributed by atoms with van der Waals surface area (Å²) in [7, 11) is -3.74. The van der Waals surface area contributed by atoms with E-state index < -0.39 is 10.0 Å². The Kier molecular flexibility index (Phi) is 7.97. The minimum atomic E-state index is -3.74. The second-order valence-corrected chi connectivity index (χ2v) is 9.14. The molecule has 0 spiro atoms. The third-order valence-corrected chi connectivity index (χ3v) is 5.74. The number of hydrogen-bond acceptors (Lipinski definition) is 5. The van der Waals surface area contributed by atoms with Crippen molar-refractivity contribution in [3.63, 3.8) is 0 Å². The number of primary sulfonamides is 1. The van der Waals surface area contributed by atoms with Gasteiger partial charge in [0.05, 0.1) is 4.90 Å². The first kappa shape index (κ1) is 22.3. The molecule has 1 fully saturated rings. The maximum absolute atomic E-state index is 12.2. The van der Waals surface area contributed by atoms with Gasteiger partial charge in [0.2, 0.25) is 21.8 Å². The van der Waals surface area contributed by atoms with Crippen molar-refractivity contribution in [1.82, 2.24) is 10.2 Å². The third kappa shape index (κ3) is 7.21. The molecule has 1 heterocycles. The minimum Gasteiger partial charge on any atom is -0.356 e. The lowest BCUT2D eigenvalue weighted by Gasteiger charge is -2.32. The van der Waals surface area contributed by atoms with Gasteiger partial charge in [0.1, 0.15) is 0 Å². The minimum absolute atomic E-state index is 0.00872. The Bertz CT molecular complexity index is 778. The van der Waals surface area contributed by atoms with Gasteiger partial charge < -0.3 is 15.5 Å². The molecule has 156 valence electrons. The average molecular weight is 411 g/mol. The predicted molar refractivity (Wildman–Crippen MR) is 108 cm³/mol. The first-order chi connectivity index (χ1) is 13.1. The standard InChI is InChI=1S/C19H30N4O4S/c1-14(2)19(25)21-12-15-4-3-10-23(13-15)11-9-18(24)22-16-5-7-17(8-6-16)28(20,26)27/h5-8,14-15H,3-4,9-13H2,1-2H3,(H,21,25)(H,22,24)(H2,20,26,27). The SMILES string of the molecule is CC(C)C(=O)NCC1CCCN(CCC(=O)Nc2ccc(S(N)(=O)=O)cc2)C1. The van der Waals surface area contributed by atoms with Crippen LogP contribution in [-0.4, -0.2) is 51.3 Å². The molecule has 0 aliphatic carbocycles. The van der Waals surface area contributed by atoms with Crippen molar-refractivity contribution in [3.8, 4) is 0 Å². The summed E-state index contributed by atoms with van der Waals surface area (Å²) in [6.45, 7) is 6.90. The summed E-state index contributed by atoms with van der Waals surface area (Å²) < 4.78 is 22.5. The van der Waals surface area contributed by atoms with Crippen LogP contribution in [0.25, 0.3) is 0 Å². The molecule has 1 aromatic rings. The van der Waals surface area contributed by atoms with Crippen LogP contribution in [0.5, 0.6) is 0 Å². The van der Waals surface area contributed by atoms with E-state index >= 15 is 0 Å². The molecule has 4 N–H and O–H groups in total. The van der Waals surface area contributed by atoms with Gasteiger partial charge in [0.15, 0.2) is 0 Å². The molecular weight excluding hydrogens is 380 g/mol. The van der Waals surface area contributed by atoms with Crippen molar-refractivity contribution in [1.29, 1.82) is 0 Å². The van der Waals surface area contributed by atoms with Crippen molar-refractivity contribution in [2.75, 3.05) is 31.5 Å². The fraction of sp³-hybridized carbons (Fsp3) is 0.579. The molecule has 1 aliphatic heterocycles. The summed E-state index contributed by atoms with van der Waals surface area (Å²) in [4.78, 5) is 26.1. The van der Waals surface area contributed by atoms with Crippen LogP contribution in [0, 0.1) is 11.8 Å². The van der Waals surface area contributed by atoms with Gasteiger partial charge in [-0.15, -0.1) is 0 Å². The highest BCUT2D eigenvalue weighted by molar-refractivity contribution is 7.89. The van der Waals surface area contributed by atoms with Gasteiger partial charge in [-0.1, -0.05) is 13.8 Å². The van der Waals surface area contributed by atoms with Crippen LogP contribution in [0.15, 0.2) is 29.2 Å². The van der Waals surface area contributed by atoms with E-state index in [4.69, 9.17) is 5.14 Å². The zero-order chi connectivity index (χ0) is 20.7. The smallest absolute Gasteiger partial charge is 0.238 e. The number of carbonyl (C=O) groups excluding carboxylic acids is 2. The Balaban J connectivity index is 1.75. The molecule has 28 heavy (non-hydrogen) atoms. The molecule has 0 radical (unpaired) electrons. The highest BCUT2D eigenvalue weighted by Crippen LogP contribution is 2.17. The lowest BCUT2D eigenvalue weighted by atomic mass is 9.97. The second kappa shape index (κ2) is 9.99. The van der Waals surface area contributed by atoms with Crippen molar-refractivity contribution >= 4 is 27.5 Å². The van der Waals surface area contributed by atoms with Gasteiger partial charge in [0, 0.05) is 37.7 Å². The number of amides is 2. The number of hydrogen-bond donors (Lipinski definition) is 3. The number of nitrogens with two attached hydrogens (primary N) is 1. The second-order valence-electron chi connectivity index (χ2n) is 7.58. The Morgan fingerprint density at radius 3 is 2.54 bits per heavy atom. The van der Waals surface area contributed by atoms with E-state index in [1.54, 1.807) is 0 Å². The molecule has 8 nitrogen and oxygen atoms in total. The Morgan fingerprint density at radius 2 is 1.93 bits per heavy atom. The number of benzene rings is 1. The molecule has 1 saturated heterocycles. The largest absolute Gasteiger partial charge is 0.356 e. The average Bonchev–Trinajstić information content (AvgIpc) is 2.64. The number of anilines is 1. The molecule has 2 amide bonds. The van der Waals surface area contributed by atoms with Gasteiger partial charge in [-0.2, -0.15) is 0 Å². The molecule has 2 rings (SSSR count). The molecule has 1 unspecified atom stereocenters. The van der Waals surface area contributed by atoms with Crippen LogP contribution in [0.2, 0.25) is 0 Å². The van der Waals surface area contributed by atoms with Crippen LogP contribution in [0.4, 0.5) is 5.69 Å². The van der Waals surface area contributed by atoms with Crippen molar-refractivity contribution < 1.29 is 18.0 Å². The zero-order valence-corrected chi connectivity index (χ0v) is 17.3.